The number of aryl methyl sites for hydroxylation is 1. The van der Waals surface area contributed by atoms with Crippen molar-refractivity contribution in [3.05, 3.63) is 64.7 Å². The molecule has 5 nitrogen and oxygen atoms in total. The number of aromatic nitrogens is 4. The molecule has 0 bridgehead atoms. The average Bonchev–Trinajstić information content (AvgIpc) is 3.09. The molecule has 132 valence electrons. The monoisotopic (exact) mass is 345 g/mol. The van der Waals surface area contributed by atoms with E-state index >= 15 is 0 Å². The molecule has 0 saturated heterocycles. The number of halogens is 2. The van der Waals surface area contributed by atoms with Gasteiger partial charge in [-0.2, -0.15) is 10.2 Å². The van der Waals surface area contributed by atoms with Gasteiger partial charge in [0.25, 0.3) is 0 Å². The van der Waals surface area contributed by atoms with E-state index in [4.69, 9.17) is 0 Å². The van der Waals surface area contributed by atoms with Gasteiger partial charge in [-0.25, -0.2) is 13.5 Å². The Bertz CT molecular complexity index is 897. The molecule has 0 unspecified atom stereocenters. The van der Waals surface area contributed by atoms with Crippen molar-refractivity contribution in [2.45, 2.75) is 33.4 Å². The van der Waals surface area contributed by atoms with E-state index in [2.05, 4.69) is 15.5 Å². The van der Waals surface area contributed by atoms with Crippen molar-refractivity contribution in [2.75, 3.05) is 0 Å². The summed E-state index contributed by atoms with van der Waals surface area (Å²) in [5.74, 6) is -1.24. The second-order valence-electron chi connectivity index (χ2n) is 6.17. The van der Waals surface area contributed by atoms with E-state index in [0.29, 0.717) is 6.54 Å². The minimum absolute atomic E-state index is 0.0249. The predicted octanol–water partition coefficient (Wildman–Crippen LogP) is 3.35. The van der Waals surface area contributed by atoms with Crippen LogP contribution < -0.4 is 5.32 Å². The van der Waals surface area contributed by atoms with E-state index in [1.165, 1.54) is 16.8 Å². The summed E-state index contributed by atoms with van der Waals surface area (Å²) in [7, 11) is 1.91. The van der Waals surface area contributed by atoms with Crippen LogP contribution in [0.5, 0.6) is 0 Å². The molecule has 2 heterocycles. The van der Waals surface area contributed by atoms with Gasteiger partial charge >= 0.3 is 0 Å². The SMILES string of the molecule is Cc1c(CN[C@@H](C)c2cnn(-c3ccc(F)cc3F)c2C)cnn1C. The van der Waals surface area contributed by atoms with Crippen LogP contribution in [-0.2, 0) is 13.6 Å². The van der Waals surface area contributed by atoms with Crippen LogP contribution in [0.15, 0.2) is 30.6 Å². The van der Waals surface area contributed by atoms with Crippen molar-refractivity contribution in [1.82, 2.24) is 24.9 Å². The van der Waals surface area contributed by atoms with E-state index in [1.54, 1.807) is 6.20 Å². The fourth-order valence-corrected chi connectivity index (χ4v) is 2.83. The number of benzene rings is 1. The van der Waals surface area contributed by atoms with E-state index in [0.717, 1.165) is 28.6 Å². The zero-order valence-electron chi connectivity index (χ0n) is 14.7. The molecule has 0 aliphatic carbocycles. The number of rotatable bonds is 5. The summed E-state index contributed by atoms with van der Waals surface area (Å²) in [4.78, 5) is 0. The Kier molecular flexibility index (Phi) is 4.67. The topological polar surface area (TPSA) is 47.7 Å². The Morgan fingerprint density at radius 3 is 2.52 bits per heavy atom. The highest BCUT2D eigenvalue weighted by Crippen LogP contribution is 2.22. The van der Waals surface area contributed by atoms with Crippen LogP contribution in [0.3, 0.4) is 0 Å². The molecule has 1 aromatic carbocycles. The van der Waals surface area contributed by atoms with Crippen molar-refractivity contribution < 1.29 is 8.78 Å². The third-order valence-corrected chi connectivity index (χ3v) is 4.59. The Hall–Kier alpha value is -2.54. The van der Waals surface area contributed by atoms with Gasteiger partial charge in [-0.1, -0.05) is 0 Å². The first kappa shape index (κ1) is 17.3. The van der Waals surface area contributed by atoms with Crippen molar-refractivity contribution >= 4 is 0 Å². The summed E-state index contributed by atoms with van der Waals surface area (Å²) in [6, 6.07) is 3.51. The zero-order chi connectivity index (χ0) is 18.1. The molecule has 1 N–H and O–H groups in total. The smallest absolute Gasteiger partial charge is 0.151 e. The average molecular weight is 345 g/mol. The lowest BCUT2D eigenvalue weighted by molar-refractivity contribution is 0.565. The van der Waals surface area contributed by atoms with Crippen LogP contribution in [0, 0.1) is 25.5 Å². The molecular formula is C18H21F2N5. The predicted molar refractivity (Wildman–Crippen MR) is 91.4 cm³/mol. The molecule has 3 aromatic rings. The van der Waals surface area contributed by atoms with Gasteiger partial charge < -0.3 is 5.32 Å². The molecule has 25 heavy (non-hydrogen) atoms. The van der Waals surface area contributed by atoms with Crippen molar-refractivity contribution in [2.24, 2.45) is 7.05 Å². The Morgan fingerprint density at radius 1 is 1.12 bits per heavy atom. The molecule has 3 rings (SSSR count). The van der Waals surface area contributed by atoms with Crippen molar-refractivity contribution in [3.63, 3.8) is 0 Å². The highest BCUT2D eigenvalue weighted by molar-refractivity contribution is 5.37. The fraction of sp³-hybridized carbons (Fsp3) is 0.333. The number of hydrogen-bond donors (Lipinski definition) is 1. The maximum absolute atomic E-state index is 14.0. The van der Waals surface area contributed by atoms with Crippen LogP contribution in [0.1, 0.15) is 35.5 Å². The third kappa shape index (κ3) is 3.32. The lowest BCUT2D eigenvalue weighted by atomic mass is 10.1. The maximum atomic E-state index is 14.0. The summed E-state index contributed by atoms with van der Waals surface area (Å²) < 4.78 is 30.5. The molecule has 0 fully saturated rings. The first-order chi connectivity index (χ1) is 11.9. The molecule has 0 radical (unpaired) electrons. The Morgan fingerprint density at radius 2 is 1.88 bits per heavy atom. The van der Waals surface area contributed by atoms with Crippen LogP contribution in [-0.4, -0.2) is 19.6 Å². The lowest BCUT2D eigenvalue weighted by Crippen LogP contribution is -2.19. The fourth-order valence-electron chi connectivity index (χ4n) is 2.83. The molecular weight excluding hydrogens is 324 g/mol. The highest BCUT2D eigenvalue weighted by atomic mass is 19.1. The minimum atomic E-state index is -0.635. The molecule has 0 aliphatic rings. The van der Waals surface area contributed by atoms with Gasteiger partial charge in [0, 0.05) is 48.2 Å². The molecule has 0 saturated carbocycles. The molecule has 2 aromatic heterocycles. The first-order valence-corrected chi connectivity index (χ1v) is 8.09. The largest absolute Gasteiger partial charge is 0.306 e. The van der Waals surface area contributed by atoms with Gasteiger partial charge in [0.05, 0.1) is 12.4 Å². The third-order valence-electron chi connectivity index (χ3n) is 4.59. The number of hydrogen-bond acceptors (Lipinski definition) is 3. The summed E-state index contributed by atoms with van der Waals surface area (Å²) in [5.41, 5.74) is 4.25. The van der Waals surface area contributed by atoms with E-state index in [9.17, 15) is 8.78 Å². The summed E-state index contributed by atoms with van der Waals surface area (Å²) in [6.07, 6.45) is 3.56. The van der Waals surface area contributed by atoms with Gasteiger partial charge in [-0.05, 0) is 32.9 Å². The van der Waals surface area contributed by atoms with Crippen LogP contribution in [0.4, 0.5) is 8.78 Å². The maximum Gasteiger partial charge on any atom is 0.151 e. The summed E-state index contributed by atoms with van der Waals surface area (Å²) >= 11 is 0. The standard InChI is InChI=1S/C18H21F2N5/c1-11(21-8-14-9-22-24(4)12(14)2)16-10-23-25(13(16)3)18-6-5-15(19)7-17(18)20/h5-7,9-11,21H,8H2,1-4H3/t11-/m0/s1. The van der Waals surface area contributed by atoms with Crippen LogP contribution in [0.2, 0.25) is 0 Å². The quantitative estimate of drug-likeness (QED) is 0.771. The zero-order valence-corrected chi connectivity index (χ0v) is 14.7. The van der Waals surface area contributed by atoms with E-state index < -0.39 is 11.6 Å². The van der Waals surface area contributed by atoms with Gasteiger partial charge in [0.1, 0.15) is 11.5 Å². The van der Waals surface area contributed by atoms with E-state index in [1.807, 2.05) is 38.7 Å². The van der Waals surface area contributed by atoms with Crippen LogP contribution >= 0.6 is 0 Å². The van der Waals surface area contributed by atoms with Crippen molar-refractivity contribution in [3.8, 4) is 5.69 Å². The van der Waals surface area contributed by atoms with Gasteiger partial charge in [-0.3, -0.25) is 4.68 Å². The van der Waals surface area contributed by atoms with Gasteiger partial charge in [-0.15, -0.1) is 0 Å². The first-order valence-electron chi connectivity index (χ1n) is 8.09. The second kappa shape index (κ2) is 6.76. The lowest BCUT2D eigenvalue weighted by Gasteiger charge is -2.14. The Labute approximate surface area is 145 Å². The normalized spacial score (nSPS) is 12.6. The molecule has 0 spiro atoms. The Balaban J connectivity index is 1.79. The van der Waals surface area contributed by atoms with Gasteiger partial charge in [0.15, 0.2) is 5.82 Å². The van der Waals surface area contributed by atoms with Gasteiger partial charge in [0.2, 0.25) is 0 Å². The van der Waals surface area contributed by atoms with E-state index in [-0.39, 0.29) is 11.7 Å². The molecule has 7 heteroatoms. The highest BCUT2D eigenvalue weighted by Gasteiger charge is 2.17. The second-order valence-corrected chi connectivity index (χ2v) is 6.17. The van der Waals surface area contributed by atoms with Crippen molar-refractivity contribution in [1.29, 1.82) is 0 Å². The molecule has 0 aliphatic heterocycles. The summed E-state index contributed by atoms with van der Waals surface area (Å²) in [5, 5.41) is 11.9. The molecule has 1 atom stereocenters. The number of nitrogens with zero attached hydrogens (tertiary/aromatic N) is 4. The summed E-state index contributed by atoms with van der Waals surface area (Å²) in [6.45, 7) is 6.60. The molecule has 0 amide bonds. The van der Waals surface area contributed by atoms with Crippen LogP contribution in [0.25, 0.3) is 5.69 Å². The minimum Gasteiger partial charge on any atom is -0.306 e. The number of nitrogens with one attached hydrogen (secondary N) is 1.